The molecule has 4 rings (SSSR count). The first-order valence-corrected chi connectivity index (χ1v) is 13.2. The summed E-state index contributed by atoms with van der Waals surface area (Å²) in [4.78, 5) is 27.4. The standard InChI is InChI=1S/C31H36FN3O3/c1-21(2)29-28(31(38)35(33)25-11-7-4-8-12-25)27(22-9-5-3-6-10-22)30(23-13-15-24(32)16-14-23)34(29)19-17-26(37)18-20-36/h3,5-7,9-16,20-21,26,28-29,37H,4,8,17-19,33H2,1-2H3. The van der Waals surface area contributed by atoms with E-state index >= 15 is 0 Å². The number of amides is 1. The quantitative estimate of drug-likeness (QED) is 0.202. The monoisotopic (exact) mass is 517 g/mol. The van der Waals surface area contributed by atoms with Crippen molar-refractivity contribution in [2.45, 2.75) is 51.7 Å². The summed E-state index contributed by atoms with van der Waals surface area (Å²) in [6.45, 7) is 4.55. The van der Waals surface area contributed by atoms with Crippen LogP contribution in [0.25, 0.3) is 11.3 Å². The molecule has 0 fully saturated rings. The van der Waals surface area contributed by atoms with Crippen molar-refractivity contribution in [2.75, 3.05) is 6.54 Å². The second-order valence-electron chi connectivity index (χ2n) is 10.2. The molecule has 1 amide bonds. The Bertz CT molecular complexity index is 1220. The van der Waals surface area contributed by atoms with Gasteiger partial charge in [0, 0.05) is 24.7 Å². The maximum Gasteiger partial charge on any atom is 0.250 e. The van der Waals surface area contributed by atoms with Gasteiger partial charge in [-0.05, 0) is 72.2 Å². The molecule has 0 radical (unpaired) electrons. The van der Waals surface area contributed by atoms with Crippen LogP contribution in [0.2, 0.25) is 0 Å². The van der Waals surface area contributed by atoms with Gasteiger partial charge in [0.15, 0.2) is 0 Å². The van der Waals surface area contributed by atoms with E-state index in [2.05, 4.69) is 18.7 Å². The fourth-order valence-electron chi connectivity index (χ4n) is 5.51. The van der Waals surface area contributed by atoms with Crippen molar-refractivity contribution in [3.8, 4) is 0 Å². The lowest BCUT2D eigenvalue weighted by Crippen LogP contribution is -2.48. The Labute approximate surface area is 223 Å². The summed E-state index contributed by atoms with van der Waals surface area (Å²) in [7, 11) is 0. The zero-order valence-corrected chi connectivity index (χ0v) is 22.0. The van der Waals surface area contributed by atoms with E-state index < -0.39 is 12.0 Å². The van der Waals surface area contributed by atoms with Crippen molar-refractivity contribution in [2.24, 2.45) is 17.7 Å². The van der Waals surface area contributed by atoms with Gasteiger partial charge in [0.05, 0.1) is 17.7 Å². The number of carbonyl (C=O) groups excluding carboxylic acids is 2. The van der Waals surface area contributed by atoms with Gasteiger partial charge in [0.2, 0.25) is 0 Å². The van der Waals surface area contributed by atoms with Crippen molar-refractivity contribution in [3.05, 3.63) is 95.5 Å². The molecule has 1 heterocycles. The van der Waals surface area contributed by atoms with Gasteiger partial charge in [0.1, 0.15) is 12.1 Å². The molecule has 7 heteroatoms. The second kappa shape index (κ2) is 12.3. The Morgan fingerprint density at radius 1 is 1.13 bits per heavy atom. The van der Waals surface area contributed by atoms with E-state index in [1.54, 1.807) is 12.1 Å². The third-order valence-electron chi connectivity index (χ3n) is 7.27. The summed E-state index contributed by atoms with van der Waals surface area (Å²) in [6, 6.07) is 15.7. The molecule has 38 heavy (non-hydrogen) atoms. The highest BCUT2D eigenvalue weighted by Crippen LogP contribution is 2.48. The third-order valence-corrected chi connectivity index (χ3v) is 7.27. The van der Waals surface area contributed by atoms with Gasteiger partial charge in [-0.3, -0.25) is 4.79 Å². The summed E-state index contributed by atoms with van der Waals surface area (Å²) in [6.07, 6.45) is 7.88. The number of rotatable bonds is 10. The third kappa shape index (κ3) is 5.79. The van der Waals surface area contributed by atoms with Crippen LogP contribution in [-0.4, -0.2) is 45.9 Å². The molecule has 3 unspecified atom stereocenters. The van der Waals surface area contributed by atoms with Crippen molar-refractivity contribution in [3.63, 3.8) is 0 Å². The number of nitrogens with zero attached hydrogens (tertiary/aromatic N) is 2. The molecular weight excluding hydrogens is 481 g/mol. The van der Waals surface area contributed by atoms with Gasteiger partial charge in [0.25, 0.3) is 5.91 Å². The number of benzene rings is 2. The van der Waals surface area contributed by atoms with Crippen molar-refractivity contribution >= 4 is 23.5 Å². The lowest BCUT2D eigenvalue weighted by Gasteiger charge is -2.36. The molecule has 200 valence electrons. The number of allylic oxidation sites excluding steroid dienone is 3. The number of aliphatic hydroxyl groups is 1. The van der Waals surface area contributed by atoms with Crippen LogP contribution in [-0.2, 0) is 9.59 Å². The number of aldehydes is 1. The zero-order valence-electron chi connectivity index (χ0n) is 22.0. The smallest absolute Gasteiger partial charge is 0.250 e. The fraction of sp³-hybridized carbons (Fsp3) is 0.355. The van der Waals surface area contributed by atoms with Crippen LogP contribution in [0.1, 0.15) is 50.7 Å². The molecule has 0 aromatic heterocycles. The predicted molar refractivity (Wildman–Crippen MR) is 147 cm³/mol. The maximum atomic E-state index is 14.3. The highest BCUT2D eigenvalue weighted by atomic mass is 19.1. The van der Waals surface area contributed by atoms with Crippen LogP contribution >= 0.6 is 0 Å². The molecule has 0 bridgehead atoms. The van der Waals surface area contributed by atoms with Gasteiger partial charge < -0.3 is 14.8 Å². The van der Waals surface area contributed by atoms with Crippen LogP contribution in [0.3, 0.4) is 0 Å². The Kier molecular flexibility index (Phi) is 8.92. The molecule has 0 saturated heterocycles. The summed E-state index contributed by atoms with van der Waals surface area (Å²) < 4.78 is 14.0. The fourth-order valence-corrected chi connectivity index (χ4v) is 5.51. The molecular formula is C31H36FN3O3. The summed E-state index contributed by atoms with van der Waals surface area (Å²) in [5, 5.41) is 11.7. The minimum Gasteiger partial charge on any atom is -0.393 e. The average molecular weight is 518 g/mol. The first-order chi connectivity index (χ1) is 18.3. The van der Waals surface area contributed by atoms with E-state index in [1.807, 2.05) is 48.6 Å². The first kappa shape index (κ1) is 27.5. The molecule has 2 aromatic carbocycles. The number of aliphatic hydroxyl groups excluding tert-OH is 1. The average Bonchev–Trinajstić information content (AvgIpc) is 3.28. The van der Waals surface area contributed by atoms with Crippen LogP contribution in [0.4, 0.5) is 4.39 Å². The minimum atomic E-state index is -0.798. The van der Waals surface area contributed by atoms with Crippen LogP contribution in [0, 0.1) is 17.7 Å². The highest BCUT2D eigenvalue weighted by Gasteiger charge is 2.48. The van der Waals surface area contributed by atoms with E-state index in [1.165, 1.54) is 17.1 Å². The number of hydrogen-bond acceptors (Lipinski definition) is 5. The van der Waals surface area contributed by atoms with E-state index in [4.69, 9.17) is 5.84 Å². The van der Waals surface area contributed by atoms with Gasteiger partial charge in [-0.2, -0.15) is 0 Å². The molecule has 2 aromatic rings. The van der Waals surface area contributed by atoms with Gasteiger partial charge in [-0.25, -0.2) is 15.2 Å². The molecule has 3 atom stereocenters. The molecule has 0 saturated carbocycles. The Morgan fingerprint density at radius 2 is 1.84 bits per heavy atom. The van der Waals surface area contributed by atoms with Gasteiger partial charge in [-0.15, -0.1) is 0 Å². The predicted octanol–water partition coefficient (Wildman–Crippen LogP) is 4.93. The van der Waals surface area contributed by atoms with Crippen LogP contribution in [0.5, 0.6) is 0 Å². The van der Waals surface area contributed by atoms with Crippen molar-refractivity contribution in [1.29, 1.82) is 0 Å². The maximum absolute atomic E-state index is 14.3. The Hall–Kier alpha value is -3.55. The van der Waals surface area contributed by atoms with E-state index in [-0.39, 0.29) is 30.1 Å². The Morgan fingerprint density at radius 3 is 2.45 bits per heavy atom. The summed E-state index contributed by atoms with van der Waals surface area (Å²) in [5.74, 6) is 5.33. The zero-order chi connectivity index (χ0) is 27.2. The molecule has 6 nitrogen and oxygen atoms in total. The minimum absolute atomic E-state index is 0.0353. The van der Waals surface area contributed by atoms with Crippen LogP contribution < -0.4 is 5.84 Å². The summed E-state index contributed by atoms with van der Waals surface area (Å²) >= 11 is 0. The molecule has 1 aliphatic heterocycles. The number of nitrogens with two attached hydrogens (primary N) is 1. The number of hydrazine groups is 1. The molecule has 3 N–H and O–H groups in total. The van der Waals surface area contributed by atoms with Gasteiger partial charge >= 0.3 is 0 Å². The van der Waals surface area contributed by atoms with E-state index in [0.29, 0.717) is 24.9 Å². The van der Waals surface area contributed by atoms with Crippen molar-refractivity contribution < 1.29 is 19.1 Å². The van der Waals surface area contributed by atoms with E-state index in [0.717, 1.165) is 35.2 Å². The highest BCUT2D eigenvalue weighted by molar-refractivity contribution is 6.04. The van der Waals surface area contributed by atoms with E-state index in [9.17, 15) is 19.1 Å². The largest absolute Gasteiger partial charge is 0.393 e. The van der Waals surface area contributed by atoms with Crippen molar-refractivity contribution in [1.82, 2.24) is 9.91 Å². The lowest BCUT2D eigenvalue weighted by atomic mass is 9.83. The SMILES string of the molecule is CC(C)C1C(C(=O)N(N)C2=CCCC=C2)C(c2ccccc2)=C(c2ccc(F)cc2)N1CCC(O)CC=O. The second-order valence-corrected chi connectivity index (χ2v) is 10.2. The molecule has 1 aliphatic carbocycles. The Balaban J connectivity index is 1.90. The number of hydrogen-bond donors (Lipinski definition) is 2. The first-order valence-electron chi connectivity index (χ1n) is 13.2. The number of halogens is 1. The lowest BCUT2D eigenvalue weighted by molar-refractivity contribution is -0.133. The van der Waals surface area contributed by atoms with Gasteiger partial charge in [-0.1, -0.05) is 56.3 Å². The summed E-state index contributed by atoms with van der Waals surface area (Å²) in [5.41, 5.74) is 3.96. The normalized spacial score (nSPS) is 20.1. The topological polar surface area (TPSA) is 86.9 Å². The molecule has 0 spiro atoms. The number of carbonyl (C=O) groups is 2. The van der Waals surface area contributed by atoms with Crippen LogP contribution in [0.15, 0.2) is 78.5 Å². The molecule has 2 aliphatic rings.